The minimum atomic E-state index is -0.329. The Morgan fingerprint density at radius 3 is 2.59 bits per heavy atom. The molecule has 1 heterocycles. The van der Waals surface area contributed by atoms with Gasteiger partial charge in [-0.2, -0.15) is 5.10 Å². The van der Waals surface area contributed by atoms with Gasteiger partial charge in [0.25, 0.3) is 11.8 Å². The lowest BCUT2D eigenvalue weighted by molar-refractivity contribution is -0.112. The zero-order valence-electron chi connectivity index (χ0n) is 15.2. The third kappa shape index (κ3) is 4.37. The van der Waals surface area contributed by atoms with Crippen molar-refractivity contribution in [3.63, 3.8) is 0 Å². The Morgan fingerprint density at radius 1 is 1.07 bits per heavy atom. The van der Waals surface area contributed by atoms with Crippen molar-refractivity contribution in [2.24, 2.45) is 5.10 Å². The summed E-state index contributed by atoms with van der Waals surface area (Å²) in [5.74, 6) is -0.483. The van der Waals surface area contributed by atoms with Crippen LogP contribution in [0, 0.1) is 3.57 Å². The van der Waals surface area contributed by atoms with Gasteiger partial charge < -0.3 is 4.90 Å². The van der Waals surface area contributed by atoms with Crippen molar-refractivity contribution < 1.29 is 9.59 Å². The first kappa shape index (κ1) is 19.5. The molecule has 0 bridgehead atoms. The molecule has 1 N–H and O–H groups in total. The predicted octanol–water partition coefficient (Wildman–Crippen LogP) is 4.35. The molecule has 0 spiro atoms. The molecule has 0 unspecified atom stereocenters. The Labute approximate surface area is 173 Å². The van der Waals surface area contributed by atoms with Crippen molar-refractivity contribution in [2.45, 2.75) is 32.6 Å². The smallest absolute Gasteiger partial charge is 0.279 e. The Hall–Kier alpha value is -2.22. The van der Waals surface area contributed by atoms with E-state index in [2.05, 4.69) is 40.0 Å². The quantitative estimate of drug-likeness (QED) is 0.368. The molecule has 5 nitrogen and oxygen atoms in total. The van der Waals surface area contributed by atoms with E-state index < -0.39 is 0 Å². The molecule has 0 radical (unpaired) electrons. The van der Waals surface area contributed by atoms with E-state index in [1.165, 1.54) is 0 Å². The number of hydrogen-bond acceptors (Lipinski definition) is 3. The van der Waals surface area contributed by atoms with Gasteiger partial charge in [0, 0.05) is 21.2 Å². The molecule has 0 atom stereocenters. The van der Waals surface area contributed by atoms with Crippen LogP contribution >= 0.6 is 22.6 Å². The summed E-state index contributed by atoms with van der Waals surface area (Å²) in [6.45, 7) is 2.83. The molecule has 0 aliphatic carbocycles. The Kier molecular flexibility index (Phi) is 6.60. The number of carbonyl (C=O) groups is 2. The Morgan fingerprint density at radius 2 is 1.85 bits per heavy atom. The van der Waals surface area contributed by atoms with Gasteiger partial charge in [0.2, 0.25) is 0 Å². The van der Waals surface area contributed by atoms with Crippen LogP contribution in [-0.2, 0) is 4.79 Å². The first-order valence-electron chi connectivity index (χ1n) is 9.17. The summed E-state index contributed by atoms with van der Waals surface area (Å²) in [6.07, 6.45) is 4.36. The number of carbonyl (C=O) groups excluding carboxylic acids is 2. The van der Waals surface area contributed by atoms with Crippen LogP contribution in [0.25, 0.3) is 0 Å². The molecular weight excluding hydrogens is 453 g/mol. The standard InChI is InChI=1S/C21H22IN3O2/c1-2-3-4-8-14-25-19-16(12-9-13-17(19)22)18(21(25)27)23-24-20(26)15-10-6-5-7-11-15/h5-7,9-13H,2-4,8,14H2,1H3,(H,24,26)/b23-18-. The number of hydrazone groups is 1. The molecule has 0 saturated heterocycles. The number of hydrogen-bond donors (Lipinski definition) is 1. The van der Waals surface area contributed by atoms with E-state index in [1.807, 2.05) is 24.3 Å². The van der Waals surface area contributed by atoms with Crippen molar-refractivity contribution in [1.82, 2.24) is 5.43 Å². The third-order valence-corrected chi connectivity index (χ3v) is 5.37. The first-order chi connectivity index (χ1) is 13.1. The highest BCUT2D eigenvalue weighted by Crippen LogP contribution is 2.34. The summed E-state index contributed by atoms with van der Waals surface area (Å²) in [4.78, 5) is 27.0. The van der Waals surface area contributed by atoms with E-state index >= 15 is 0 Å². The molecular formula is C21H22IN3O2. The summed E-state index contributed by atoms with van der Waals surface area (Å²) in [7, 11) is 0. The van der Waals surface area contributed by atoms with Gasteiger partial charge in [-0.3, -0.25) is 9.59 Å². The second-order valence-corrected chi connectivity index (χ2v) is 7.58. The molecule has 0 fully saturated rings. The molecule has 0 saturated carbocycles. The van der Waals surface area contributed by atoms with E-state index in [0.29, 0.717) is 17.8 Å². The lowest BCUT2D eigenvalue weighted by Gasteiger charge is -2.17. The van der Waals surface area contributed by atoms with Crippen LogP contribution in [0.3, 0.4) is 0 Å². The van der Waals surface area contributed by atoms with Gasteiger partial charge in [-0.05, 0) is 47.2 Å². The molecule has 2 aromatic rings. The first-order valence-corrected chi connectivity index (χ1v) is 10.2. The Balaban J connectivity index is 1.82. The number of rotatable bonds is 7. The highest BCUT2D eigenvalue weighted by atomic mass is 127. The van der Waals surface area contributed by atoms with Gasteiger partial charge in [-0.15, -0.1) is 0 Å². The largest absolute Gasteiger partial charge is 0.305 e. The third-order valence-electron chi connectivity index (χ3n) is 4.50. The molecule has 1 aliphatic heterocycles. The fourth-order valence-electron chi connectivity index (χ4n) is 3.10. The maximum absolute atomic E-state index is 13.0. The van der Waals surface area contributed by atoms with Crippen molar-refractivity contribution >= 4 is 45.8 Å². The maximum atomic E-state index is 13.0. The average Bonchev–Trinajstić information content (AvgIpc) is 2.96. The number of amides is 2. The zero-order valence-corrected chi connectivity index (χ0v) is 17.4. The minimum absolute atomic E-state index is 0.154. The van der Waals surface area contributed by atoms with Gasteiger partial charge in [-0.1, -0.05) is 56.5 Å². The number of nitrogens with zero attached hydrogens (tertiary/aromatic N) is 2. The lowest BCUT2D eigenvalue weighted by atomic mass is 10.1. The monoisotopic (exact) mass is 475 g/mol. The summed E-state index contributed by atoms with van der Waals surface area (Å²) in [6, 6.07) is 14.6. The van der Waals surface area contributed by atoms with E-state index in [1.54, 1.807) is 29.2 Å². The van der Waals surface area contributed by atoms with Crippen molar-refractivity contribution in [2.75, 3.05) is 11.4 Å². The van der Waals surface area contributed by atoms with E-state index in [4.69, 9.17) is 0 Å². The SMILES string of the molecule is CCCCCCN1C(=O)/C(=N\NC(=O)c2ccccc2)c2cccc(I)c21. The molecule has 2 aromatic carbocycles. The lowest BCUT2D eigenvalue weighted by Crippen LogP contribution is -2.32. The van der Waals surface area contributed by atoms with E-state index in [-0.39, 0.29) is 11.8 Å². The molecule has 1 aliphatic rings. The number of fused-ring (bicyclic) bond motifs is 1. The zero-order chi connectivity index (χ0) is 19.2. The Bertz CT molecular complexity index is 865. The van der Waals surface area contributed by atoms with Crippen LogP contribution < -0.4 is 10.3 Å². The highest BCUT2D eigenvalue weighted by Gasteiger charge is 2.35. The molecule has 0 aromatic heterocycles. The number of unbranched alkanes of at least 4 members (excludes halogenated alkanes) is 3. The molecule has 27 heavy (non-hydrogen) atoms. The predicted molar refractivity (Wildman–Crippen MR) is 116 cm³/mol. The average molecular weight is 475 g/mol. The van der Waals surface area contributed by atoms with Gasteiger partial charge in [0.15, 0.2) is 5.71 Å². The molecule has 2 amide bonds. The summed E-state index contributed by atoms with van der Waals surface area (Å²) in [5, 5.41) is 4.18. The van der Waals surface area contributed by atoms with Gasteiger partial charge in [0.1, 0.15) is 0 Å². The van der Waals surface area contributed by atoms with Crippen molar-refractivity contribution in [1.29, 1.82) is 0 Å². The topological polar surface area (TPSA) is 61.8 Å². The summed E-state index contributed by atoms with van der Waals surface area (Å²) < 4.78 is 1.01. The number of anilines is 1. The minimum Gasteiger partial charge on any atom is -0.305 e. The van der Waals surface area contributed by atoms with Crippen LogP contribution in [0.1, 0.15) is 48.5 Å². The van der Waals surface area contributed by atoms with Crippen molar-refractivity contribution in [3.05, 3.63) is 63.2 Å². The second kappa shape index (κ2) is 9.12. The number of halogens is 1. The van der Waals surface area contributed by atoms with Gasteiger partial charge in [-0.25, -0.2) is 5.43 Å². The number of para-hydroxylation sites is 1. The summed E-state index contributed by atoms with van der Waals surface area (Å²) in [5.41, 5.74) is 5.00. The molecule has 6 heteroatoms. The van der Waals surface area contributed by atoms with Crippen LogP contribution in [-0.4, -0.2) is 24.1 Å². The molecule has 140 valence electrons. The maximum Gasteiger partial charge on any atom is 0.279 e. The fourth-order valence-corrected chi connectivity index (χ4v) is 3.89. The van der Waals surface area contributed by atoms with Gasteiger partial charge in [0.05, 0.1) is 5.69 Å². The summed E-state index contributed by atoms with van der Waals surface area (Å²) >= 11 is 2.24. The second-order valence-electron chi connectivity index (χ2n) is 6.42. The van der Waals surface area contributed by atoms with Crippen LogP contribution in [0.15, 0.2) is 53.6 Å². The highest BCUT2D eigenvalue weighted by molar-refractivity contribution is 14.1. The van der Waals surface area contributed by atoms with Crippen molar-refractivity contribution in [3.8, 4) is 0 Å². The number of nitrogens with one attached hydrogen (secondary N) is 1. The normalized spacial score (nSPS) is 14.5. The van der Waals surface area contributed by atoms with E-state index in [9.17, 15) is 9.59 Å². The van der Waals surface area contributed by atoms with Crippen LogP contribution in [0.4, 0.5) is 5.69 Å². The van der Waals surface area contributed by atoms with Crippen LogP contribution in [0.2, 0.25) is 0 Å². The number of benzene rings is 2. The fraction of sp³-hybridized carbons (Fsp3) is 0.286. The molecule has 3 rings (SSSR count). The van der Waals surface area contributed by atoms with Crippen LogP contribution in [0.5, 0.6) is 0 Å². The van der Waals surface area contributed by atoms with E-state index in [0.717, 1.165) is 40.5 Å². The van der Waals surface area contributed by atoms with Gasteiger partial charge >= 0.3 is 0 Å².